The summed E-state index contributed by atoms with van der Waals surface area (Å²) in [6, 6.07) is 5.55. The van der Waals surface area contributed by atoms with Crippen molar-refractivity contribution >= 4 is 23.5 Å². The van der Waals surface area contributed by atoms with Crippen molar-refractivity contribution in [2.45, 2.75) is 32.4 Å². The van der Waals surface area contributed by atoms with Crippen LogP contribution in [0.3, 0.4) is 0 Å². The molecule has 1 aliphatic heterocycles. The van der Waals surface area contributed by atoms with Crippen LogP contribution in [0.4, 0.5) is 18.9 Å². The second-order valence-corrected chi connectivity index (χ2v) is 6.87. The Hall–Kier alpha value is -3.37. The van der Waals surface area contributed by atoms with Gasteiger partial charge in [-0.15, -0.1) is 0 Å². The van der Waals surface area contributed by atoms with Gasteiger partial charge in [0.2, 0.25) is 11.8 Å². The smallest absolute Gasteiger partial charge is 0.434 e. The number of likely N-dealkylation sites (tertiary alicyclic amines) is 1. The van der Waals surface area contributed by atoms with Crippen LogP contribution in [-0.2, 0) is 20.5 Å². The number of halogens is 3. The standard InChI is InChI=1S/C20H21F3N4O4/c1-2-31-19(30)15-12-24-27(18(15)20(21,22)23)14-7-5-13(6-8-14)25-16(28)9-11-26-10-3-4-17(26)29/h5-8,12H,2-4,9-11H2,1H3,(H,25,28). The molecule has 166 valence electrons. The molecule has 0 atom stereocenters. The number of hydrogen-bond acceptors (Lipinski definition) is 5. The van der Waals surface area contributed by atoms with Crippen LogP contribution >= 0.6 is 0 Å². The molecule has 1 aromatic heterocycles. The second kappa shape index (κ2) is 9.19. The molecule has 1 aromatic carbocycles. The predicted molar refractivity (Wildman–Crippen MR) is 104 cm³/mol. The molecule has 2 heterocycles. The van der Waals surface area contributed by atoms with E-state index in [1.165, 1.54) is 31.2 Å². The molecule has 0 bridgehead atoms. The number of carbonyl (C=O) groups excluding carboxylic acids is 3. The molecule has 1 fully saturated rings. The first kappa shape index (κ1) is 22.3. The van der Waals surface area contributed by atoms with Gasteiger partial charge in [0.25, 0.3) is 0 Å². The number of ether oxygens (including phenoxy) is 1. The van der Waals surface area contributed by atoms with E-state index in [4.69, 9.17) is 0 Å². The minimum atomic E-state index is -4.83. The monoisotopic (exact) mass is 438 g/mol. The lowest BCUT2D eigenvalue weighted by atomic mass is 10.2. The molecule has 0 unspecified atom stereocenters. The molecule has 0 saturated carbocycles. The zero-order chi connectivity index (χ0) is 22.6. The van der Waals surface area contributed by atoms with Crippen molar-refractivity contribution in [1.29, 1.82) is 0 Å². The maximum atomic E-state index is 13.6. The molecule has 1 aliphatic rings. The van der Waals surface area contributed by atoms with E-state index in [9.17, 15) is 27.6 Å². The van der Waals surface area contributed by atoms with E-state index >= 15 is 0 Å². The fourth-order valence-electron chi connectivity index (χ4n) is 3.26. The van der Waals surface area contributed by atoms with Crippen LogP contribution < -0.4 is 5.32 Å². The lowest BCUT2D eigenvalue weighted by Crippen LogP contribution is -2.28. The first-order valence-electron chi connectivity index (χ1n) is 9.71. The van der Waals surface area contributed by atoms with Gasteiger partial charge in [-0.3, -0.25) is 9.59 Å². The minimum Gasteiger partial charge on any atom is -0.462 e. The van der Waals surface area contributed by atoms with Gasteiger partial charge in [0.05, 0.1) is 18.5 Å². The zero-order valence-electron chi connectivity index (χ0n) is 16.7. The Morgan fingerprint density at radius 1 is 1.23 bits per heavy atom. The molecular weight excluding hydrogens is 417 g/mol. The first-order chi connectivity index (χ1) is 14.7. The Morgan fingerprint density at radius 3 is 2.52 bits per heavy atom. The summed E-state index contributed by atoms with van der Waals surface area (Å²) in [4.78, 5) is 37.1. The average Bonchev–Trinajstić information content (AvgIpc) is 3.33. The third-order valence-corrected chi connectivity index (χ3v) is 4.71. The van der Waals surface area contributed by atoms with Gasteiger partial charge in [-0.25, -0.2) is 9.48 Å². The van der Waals surface area contributed by atoms with Crippen LogP contribution in [0, 0.1) is 0 Å². The van der Waals surface area contributed by atoms with Crippen LogP contribution in [0.15, 0.2) is 30.5 Å². The SMILES string of the molecule is CCOC(=O)c1cnn(-c2ccc(NC(=O)CCN3CCCC3=O)cc2)c1C(F)(F)F. The van der Waals surface area contributed by atoms with Crippen molar-refractivity contribution in [3.8, 4) is 5.69 Å². The number of rotatable bonds is 7. The number of anilines is 1. The number of aromatic nitrogens is 2. The Kier molecular flexibility index (Phi) is 6.62. The van der Waals surface area contributed by atoms with Crippen molar-refractivity contribution in [3.63, 3.8) is 0 Å². The summed E-state index contributed by atoms with van der Waals surface area (Å²) in [5.74, 6) is -1.40. The Bertz CT molecular complexity index is 970. The summed E-state index contributed by atoms with van der Waals surface area (Å²) in [6.07, 6.45) is -2.62. The van der Waals surface area contributed by atoms with E-state index in [1.807, 2.05) is 0 Å². The summed E-state index contributed by atoms with van der Waals surface area (Å²) in [6.45, 7) is 2.38. The highest BCUT2D eigenvalue weighted by Gasteiger charge is 2.41. The van der Waals surface area contributed by atoms with E-state index in [0.717, 1.165) is 12.6 Å². The molecule has 2 amide bonds. The van der Waals surface area contributed by atoms with Crippen molar-refractivity contribution in [2.75, 3.05) is 25.0 Å². The van der Waals surface area contributed by atoms with Crippen LogP contribution in [0.2, 0.25) is 0 Å². The number of carbonyl (C=O) groups is 3. The van der Waals surface area contributed by atoms with Gasteiger partial charge in [-0.2, -0.15) is 18.3 Å². The molecule has 31 heavy (non-hydrogen) atoms. The van der Waals surface area contributed by atoms with Gasteiger partial charge >= 0.3 is 12.1 Å². The largest absolute Gasteiger partial charge is 0.462 e. The van der Waals surface area contributed by atoms with E-state index in [-0.39, 0.29) is 30.5 Å². The molecule has 0 spiro atoms. The zero-order valence-corrected chi connectivity index (χ0v) is 16.7. The summed E-state index contributed by atoms with van der Waals surface area (Å²) in [5.41, 5.74) is -1.47. The van der Waals surface area contributed by atoms with Crippen molar-refractivity contribution < 1.29 is 32.3 Å². The summed E-state index contributed by atoms with van der Waals surface area (Å²) in [7, 11) is 0. The molecule has 3 rings (SSSR count). The molecule has 8 nitrogen and oxygen atoms in total. The minimum absolute atomic E-state index is 0.0269. The molecular formula is C20H21F3N4O4. The maximum absolute atomic E-state index is 13.6. The number of esters is 1. The van der Waals surface area contributed by atoms with Gasteiger partial charge in [0, 0.05) is 31.6 Å². The molecule has 0 aliphatic carbocycles. The molecule has 11 heteroatoms. The average molecular weight is 438 g/mol. The number of nitrogens with one attached hydrogen (secondary N) is 1. The van der Waals surface area contributed by atoms with E-state index in [1.54, 1.807) is 4.90 Å². The highest BCUT2D eigenvalue weighted by Crippen LogP contribution is 2.34. The van der Waals surface area contributed by atoms with Crippen LogP contribution in [0.1, 0.15) is 42.2 Å². The highest BCUT2D eigenvalue weighted by molar-refractivity contribution is 5.92. The van der Waals surface area contributed by atoms with Gasteiger partial charge in [-0.1, -0.05) is 0 Å². The molecule has 2 aromatic rings. The topological polar surface area (TPSA) is 93.5 Å². The fraction of sp³-hybridized carbons (Fsp3) is 0.400. The number of amides is 2. The number of benzene rings is 1. The lowest BCUT2D eigenvalue weighted by Gasteiger charge is -2.15. The first-order valence-corrected chi connectivity index (χ1v) is 9.71. The number of nitrogens with zero attached hydrogens (tertiary/aromatic N) is 3. The fourth-order valence-corrected chi connectivity index (χ4v) is 3.26. The summed E-state index contributed by atoms with van der Waals surface area (Å²) in [5, 5.41) is 6.34. The molecule has 0 radical (unpaired) electrons. The third-order valence-electron chi connectivity index (χ3n) is 4.71. The van der Waals surface area contributed by atoms with Gasteiger partial charge < -0.3 is 15.0 Å². The van der Waals surface area contributed by atoms with Crippen LogP contribution in [-0.4, -0.2) is 52.2 Å². The highest BCUT2D eigenvalue weighted by atomic mass is 19.4. The van der Waals surface area contributed by atoms with E-state index in [2.05, 4.69) is 15.2 Å². The second-order valence-electron chi connectivity index (χ2n) is 6.87. The molecule has 1 saturated heterocycles. The lowest BCUT2D eigenvalue weighted by molar-refractivity contribution is -0.143. The Morgan fingerprint density at radius 2 is 1.94 bits per heavy atom. The number of alkyl halides is 3. The summed E-state index contributed by atoms with van der Waals surface area (Å²) >= 11 is 0. The van der Waals surface area contributed by atoms with Crippen LogP contribution in [0.25, 0.3) is 5.69 Å². The summed E-state index contributed by atoms with van der Waals surface area (Å²) < 4.78 is 46.0. The molecule has 1 N–H and O–H groups in total. The maximum Gasteiger partial charge on any atom is 0.434 e. The van der Waals surface area contributed by atoms with Gasteiger partial charge in [0.15, 0.2) is 5.69 Å². The quantitative estimate of drug-likeness (QED) is 0.671. The third kappa shape index (κ3) is 5.22. The Balaban J connectivity index is 1.71. The van der Waals surface area contributed by atoms with Crippen molar-refractivity contribution in [3.05, 3.63) is 41.7 Å². The number of hydrogen-bond donors (Lipinski definition) is 1. The van der Waals surface area contributed by atoms with Crippen LogP contribution in [0.5, 0.6) is 0 Å². The van der Waals surface area contributed by atoms with Gasteiger partial charge in [0.1, 0.15) is 5.56 Å². The van der Waals surface area contributed by atoms with E-state index in [0.29, 0.717) is 29.9 Å². The van der Waals surface area contributed by atoms with Gasteiger partial charge in [-0.05, 0) is 37.6 Å². The van der Waals surface area contributed by atoms with Crippen molar-refractivity contribution in [2.24, 2.45) is 0 Å². The van der Waals surface area contributed by atoms with Crippen molar-refractivity contribution in [1.82, 2.24) is 14.7 Å². The normalized spacial score (nSPS) is 14.1. The Labute approximate surface area is 176 Å². The van der Waals surface area contributed by atoms with E-state index < -0.39 is 23.4 Å². The predicted octanol–water partition coefficient (Wildman–Crippen LogP) is 3.02.